The van der Waals surface area contributed by atoms with Gasteiger partial charge in [0.2, 0.25) is 0 Å². The Labute approximate surface area is 113 Å². The summed E-state index contributed by atoms with van der Waals surface area (Å²) in [4.78, 5) is 23.9. The molecule has 0 saturated heterocycles. The highest BCUT2D eigenvalue weighted by molar-refractivity contribution is 6.23. The lowest BCUT2D eigenvalue weighted by Gasteiger charge is -2.20. The lowest BCUT2D eigenvalue weighted by Crippen LogP contribution is -2.18. The molecule has 6 N–H and O–H groups in total. The first kappa shape index (κ1) is 12.3. The smallest absolute Gasteiger partial charge is 0.167 e. The second-order valence-electron chi connectivity index (χ2n) is 4.79. The van der Waals surface area contributed by atoms with Gasteiger partial charge in [-0.25, -0.2) is 0 Å². The summed E-state index contributed by atoms with van der Waals surface area (Å²) in [6, 6.07) is 2.94. The van der Waals surface area contributed by atoms with Crippen LogP contribution in [0.25, 0.3) is 10.8 Å². The first-order chi connectivity index (χ1) is 9.43. The minimum Gasteiger partial charge on any atom is -0.506 e. The van der Waals surface area contributed by atoms with Gasteiger partial charge in [-0.3, -0.25) is 9.59 Å². The molecule has 0 aliphatic heterocycles. The number of benzene rings is 2. The van der Waals surface area contributed by atoms with Crippen LogP contribution in [0.2, 0.25) is 0 Å². The van der Waals surface area contributed by atoms with E-state index in [-0.39, 0.29) is 46.1 Å². The van der Waals surface area contributed by atoms with Crippen molar-refractivity contribution in [3.8, 4) is 11.5 Å². The van der Waals surface area contributed by atoms with E-state index in [0.717, 1.165) is 0 Å². The summed E-state index contributed by atoms with van der Waals surface area (Å²) in [5, 5.41) is 20.8. The number of hydrogen-bond acceptors (Lipinski definition) is 6. The van der Waals surface area contributed by atoms with Crippen LogP contribution < -0.4 is 11.5 Å². The van der Waals surface area contributed by atoms with Crippen LogP contribution in [0.3, 0.4) is 0 Å². The Kier molecular flexibility index (Phi) is 2.37. The van der Waals surface area contributed by atoms with Crippen LogP contribution in [0.1, 0.15) is 33.6 Å². The highest BCUT2D eigenvalue weighted by Crippen LogP contribution is 2.46. The van der Waals surface area contributed by atoms with Gasteiger partial charge >= 0.3 is 0 Å². The number of fused-ring (bicyclic) bond motifs is 2. The molecule has 2 aromatic rings. The molecule has 1 aliphatic carbocycles. The minimum absolute atomic E-state index is 0.00651. The highest BCUT2D eigenvalue weighted by atomic mass is 16.3. The number of carbonyl (C=O) groups excluding carboxylic acids is 2. The maximum absolute atomic E-state index is 11.9. The number of nitrogen functional groups attached to an aromatic ring is 2. The molecule has 0 unspecified atom stereocenters. The van der Waals surface area contributed by atoms with Gasteiger partial charge in [-0.2, -0.15) is 0 Å². The standard InChI is InChI=1S/C14H12N2O4/c15-5-1-2-6(16)10-9(5)13(19)11-7(17)3-4-8(18)12(11)14(10)20/h1-2,19-20H,3-4,15-16H2. The molecule has 0 aromatic heterocycles. The fraction of sp³-hybridized carbons (Fsp3) is 0.143. The molecule has 20 heavy (non-hydrogen) atoms. The molecular formula is C14H12N2O4. The molecule has 0 radical (unpaired) electrons. The van der Waals surface area contributed by atoms with E-state index in [2.05, 4.69) is 0 Å². The van der Waals surface area contributed by atoms with Gasteiger partial charge in [0, 0.05) is 24.2 Å². The van der Waals surface area contributed by atoms with Gasteiger partial charge in [0.15, 0.2) is 11.6 Å². The van der Waals surface area contributed by atoms with E-state index in [1.54, 1.807) is 0 Å². The predicted molar refractivity (Wildman–Crippen MR) is 74.0 cm³/mol. The molecule has 0 amide bonds. The summed E-state index contributed by atoms with van der Waals surface area (Å²) < 4.78 is 0. The van der Waals surface area contributed by atoms with Crippen LogP contribution in [0.4, 0.5) is 11.4 Å². The fourth-order valence-corrected chi connectivity index (χ4v) is 2.65. The Hall–Kier alpha value is -2.76. The zero-order valence-electron chi connectivity index (χ0n) is 10.4. The van der Waals surface area contributed by atoms with Crippen molar-refractivity contribution >= 4 is 33.7 Å². The van der Waals surface area contributed by atoms with Gasteiger partial charge < -0.3 is 21.7 Å². The third-order valence-electron chi connectivity index (χ3n) is 3.60. The zero-order valence-corrected chi connectivity index (χ0v) is 10.4. The van der Waals surface area contributed by atoms with E-state index < -0.39 is 23.1 Å². The Morgan fingerprint density at radius 2 is 1.15 bits per heavy atom. The number of carbonyl (C=O) groups is 2. The molecule has 102 valence electrons. The average molecular weight is 272 g/mol. The Balaban J connectivity index is 2.61. The first-order valence-corrected chi connectivity index (χ1v) is 6.05. The number of ketones is 2. The number of rotatable bonds is 0. The minimum atomic E-state index is -0.393. The third-order valence-corrected chi connectivity index (χ3v) is 3.60. The normalized spacial score (nSPS) is 14.6. The highest BCUT2D eigenvalue weighted by Gasteiger charge is 2.33. The molecule has 6 heteroatoms. The summed E-state index contributed by atoms with van der Waals surface area (Å²) in [5.41, 5.74) is 11.6. The van der Waals surface area contributed by atoms with Gasteiger partial charge in [0.25, 0.3) is 0 Å². The predicted octanol–water partition coefficient (Wildman–Crippen LogP) is 1.57. The van der Waals surface area contributed by atoms with E-state index in [1.807, 2.05) is 0 Å². The van der Waals surface area contributed by atoms with Crippen molar-refractivity contribution in [2.45, 2.75) is 12.8 Å². The summed E-state index contributed by atoms with van der Waals surface area (Å²) in [7, 11) is 0. The van der Waals surface area contributed by atoms with Gasteiger partial charge in [0.05, 0.1) is 21.9 Å². The lowest BCUT2D eigenvalue weighted by atomic mass is 9.85. The molecular weight excluding hydrogens is 260 g/mol. The van der Waals surface area contributed by atoms with E-state index in [9.17, 15) is 19.8 Å². The van der Waals surface area contributed by atoms with Crippen molar-refractivity contribution in [1.29, 1.82) is 0 Å². The van der Waals surface area contributed by atoms with Crippen molar-refractivity contribution in [3.63, 3.8) is 0 Å². The third kappa shape index (κ3) is 1.38. The van der Waals surface area contributed by atoms with Crippen LogP contribution >= 0.6 is 0 Å². The number of phenolic OH excluding ortho intramolecular Hbond substituents is 2. The SMILES string of the molecule is Nc1ccc(N)c2c(O)c3c(c(O)c12)C(=O)CCC3=O. The molecule has 6 nitrogen and oxygen atoms in total. The van der Waals surface area contributed by atoms with Crippen molar-refractivity contribution in [3.05, 3.63) is 23.3 Å². The van der Waals surface area contributed by atoms with Gasteiger partial charge in [-0.05, 0) is 12.1 Å². The van der Waals surface area contributed by atoms with Gasteiger partial charge in [-0.15, -0.1) is 0 Å². The summed E-state index contributed by atoms with van der Waals surface area (Å²) in [6.07, 6.45) is 0.0130. The summed E-state index contributed by atoms with van der Waals surface area (Å²) in [5.74, 6) is -1.57. The Bertz CT molecular complexity index is 729. The maximum atomic E-state index is 11.9. The number of Topliss-reactive ketones (excluding diaryl/α,β-unsaturated/α-hetero) is 2. The lowest BCUT2D eigenvalue weighted by molar-refractivity contribution is 0.0885. The van der Waals surface area contributed by atoms with E-state index in [0.29, 0.717) is 0 Å². The zero-order chi connectivity index (χ0) is 14.6. The van der Waals surface area contributed by atoms with Crippen LogP contribution in [0, 0.1) is 0 Å². The topological polar surface area (TPSA) is 127 Å². The maximum Gasteiger partial charge on any atom is 0.167 e. The monoisotopic (exact) mass is 272 g/mol. The summed E-state index contributed by atoms with van der Waals surface area (Å²) in [6.45, 7) is 0. The van der Waals surface area contributed by atoms with Crippen molar-refractivity contribution in [2.24, 2.45) is 0 Å². The number of anilines is 2. The van der Waals surface area contributed by atoms with Crippen LogP contribution in [0.5, 0.6) is 11.5 Å². The van der Waals surface area contributed by atoms with E-state index >= 15 is 0 Å². The molecule has 0 spiro atoms. The van der Waals surface area contributed by atoms with Crippen molar-refractivity contribution < 1.29 is 19.8 Å². The molecule has 0 heterocycles. The van der Waals surface area contributed by atoms with Crippen LogP contribution in [-0.2, 0) is 0 Å². The largest absolute Gasteiger partial charge is 0.506 e. The summed E-state index contributed by atoms with van der Waals surface area (Å²) >= 11 is 0. The molecule has 0 fully saturated rings. The number of hydrogen-bond donors (Lipinski definition) is 4. The van der Waals surface area contributed by atoms with E-state index in [4.69, 9.17) is 11.5 Å². The number of phenols is 2. The quantitative estimate of drug-likeness (QED) is 0.426. The molecule has 3 rings (SSSR count). The second kappa shape index (κ2) is 3.86. The van der Waals surface area contributed by atoms with E-state index in [1.165, 1.54) is 12.1 Å². The second-order valence-corrected chi connectivity index (χ2v) is 4.79. The van der Waals surface area contributed by atoms with Gasteiger partial charge in [-0.1, -0.05) is 0 Å². The molecule has 0 saturated carbocycles. The number of nitrogens with two attached hydrogens (primary N) is 2. The fourth-order valence-electron chi connectivity index (χ4n) is 2.65. The van der Waals surface area contributed by atoms with Crippen LogP contribution in [-0.4, -0.2) is 21.8 Å². The van der Waals surface area contributed by atoms with Crippen molar-refractivity contribution in [2.75, 3.05) is 11.5 Å². The average Bonchev–Trinajstić information content (AvgIpc) is 2.41. The van der Waals surface area contributed by atoms with Gasteiger partial charge in [0.1, 0.15) is 11.5 Å². The molecule has 0 bridgehead atoms. The Morgan fingerprint density at radius 1 is 0.800 bits per heavy atom. The Morgan fingerprint density at radius 3 is 1.50 bits per heavy atom. The molecule has 1 aliphatic rings. The number of aromatic hydroxyl groups is 2. The molecule has 0 atom stereocenters. The first-order valence-electron chi connectivity index (χ1n) is 6.05. The molecule has 2 aromatic carbocycles. The van der Waals surface area contributed by atoms with Crippen LogP contribution in [0.15, 0.2) is 12.1 Å². The van der Waals surface area contributed by atoms with Crippen molar-refractivity contribution in [1.82, 2.24) is 0 Å².